The van der Waals surface area contributed by atoms with Crippen LogP contribution in [-0.2, 0) is 13.1 Å². The van der Waals surface area contributed by atoms with Gasteiger partial charge >= 0.3 is 0 Å². The number of nitrogens with one attached hydrogen (secondary N) is 1. The van der Waals surface area contributed by atoms with Crippen LogP contribution in [0, 0.1) is 24.0 Å². The minimum Gasteiger partial charge on any atom is -0.348 e. The van der Waals surface area contributed by atoms with E-state index in [0.717, 1.165) is 22.5 Å². The first kappa shape index (κ1) is 19.6. The van der Waals surface area contributed by atoms with Crippen molar-refractivity contribution in [2.45, 2.75) is 26.9 Å². The Labute approximate surface area is 167 Å². The third-order valence-corrected chi connectivity index (χ3v) is 4.77. The van der Waals surface area contributed by atoms with E-state index >= 15 is 0 Å². The summed E-state index contributed by atoms with van der Waals surface area (Å²) in [5.74, 6) is -0.552. The Kier molecular flexibility index (Phi) is 5.75. The maximum absolute atomic E-state index is 12.5. The number of nitro benzene ring substituents is 1. The molecule has 7 nitrogen and oxygen atoms in total. The van der Waals surface area contributed by atoms with Crippen molar-refractivity contribution in [3.05, 3.63) is 91.7 Å². The number of rotatable bonds is 6. The number of aromatic nitrogens is 2. The molecule has 2 aromatic carbocycles. The highest BCUT2D eigenvalue weighted by Crippen LogP contribution is 2.23. The van der Waals surface area contributed by atoms with Gasteiger partial charge in [-0.3, -0.25) is 19.6 Å². The number of hydrogen-bond donors (Lipinski definition) is 1. The number of aryl methyl sites for hydroxylation is 1. The highest BCUT2D eigenvalue weighted by Gasteiger charge is 2.21. The Balaban J connectivity index is 1.77. The maximum atomic E-state index is 12.5. The third-order valence-electron chi connectivity index (χ3n) is 4.53. The molecule has 1 amide bonds. The molecule has 8 heteroatoms. The van der Waals surface area contributed by atoms with Gasteiger partial charge in [0.05, 0.1) is 17.2 Å². The van der Waals surface area contributed by atoms with E-state index in [1.54, 1.807) is 0 Å². The molecule has 0 unspecified atom stereocenters. The van der Waals surface area contributed by atoms with Crippen LogP contribution in [0.15, 0.2) is 48.5 Å². The summed E-state index contributed by atoms with van der Waals surface area (Å²) in [5.41, 5.74) is 3.39. The molecular formula is C20H19ClN4O3. The van der Waals surface area contributed by atoms with Gasteiger partial charge in [0.15, 0.2) is 0 Å². The van der Waals surface area contributed by atoms with Gasteiger partial charge in [-0.25, -0.2) is 0 Å². The Morgan fingerprint density at radius 1 is 1.21 bits per heavy atom. The number of nitrogens with zero attached hydrogens (tertiary/aromatic N) is 3. The third kappa shape index (κ3) is 4.20. The summed E-state index contributed by atoms with van der Waals surface area (Å²) >= 11 is 5.90. The lowest BCUT2D eigenvalue weighted by Gasteiger charge is -2.08. The number of benzene rings is 2. The van der Waals surface area contributed by atoms with Gasteiger partial charge in [0, 0.05) is 28.9 Å². The molecule has 1 N–H and O–H groups in total. The summed E-state index contributed by atoms with van der Waals surface area (Å²) in [6.45, 7) is 4.65. The van der Waals surface area contributed by atoms with E-state index in [2.05, 4.69) is 10.4 Å². The van der Waals surface area contributed by atoms with E-state index in [0.29, 0.717) is 6.54 Å². The predicted octanol–water partition coefficient (Wildman–Crippen LogP) is 4.04. The first-order valence-corrected chi connectivity index (χ1v) is 9.03. The Morgan fingerprint density at radius 2 is 1.93 bits per heavy atom. The molecule has 0 saturated heterocycles. The molecule has 1 heterocycles. The molecule has 28 heavy (non-hydrogen) atoms. The van der Waals surface area contributed by atoms with Gasteiger partial charge in [-0.1, -0.05) is 41.9 Å². The van der Waals surface area contributed by atoms with Crippen molar-refractivity contribution in [2.75, 3.05) is 0 Å². The largest absolute Gasteiger partial charge is 0.348 e. The lowest BCUT2D eigenvalue weighted by Crippen LogP contribution is -2.24. The summed E-state index contributed by atoms with van der Waals surface area (Å²) in [5, 5.41) is 18.7. The van der Waals surface area contributed by atoms with Crippen LogP contribution in [0.4, 0.5) is 5.69 Å². The van der Waals surface area contributed by atoms with E-state index in [4.69, 9.17) is 11.6 Å². The molecule has 0 aliphatic heterocycles. The number of carbonyl (C=O) groups is 1. The SMILES string of the molecule is Cc1nn(Cc2ccccc2)c(C)c1CNC(=O)c1cc(Cl)ccc1[N+](=O)[O-]. The first-order valence-electron chi connectivity index (χ1n) is 8.65. The lowest BCUT2D eigenvalue weighted by atomic mass is 10.1. The van der Waals surface area contributed by atoms with Crippen LogP contribution in [0.1, 0.15) is 32.9 Å². The summed E-state index contributed by atoms with van der Waals surface area (Å²) in [6.07, 6.45) is 0. The smallest absolute Gasteiger partial charge is 0.282 e. The van der Waals surface area contributed by atoms with Crippen LogP contribution in [0.5, 0.6) is 0 Å². The normalized spacial score (nSPS) is 10.7. The van der Waals surface area contributed by atoms with Crippen LogP contribution in [0.2, 0.25) is 5.02 Å². The van der Waals surface area contributed by atoms with E-state index in [1.807, 2.05) is 48.9 Å². The fourth-order valence-electron chi connectivity index (χ4n) is 3.01. The van der Waals surface area contributed by atoms with Crippen molar-refractivity contribution >= 4 is 23.2 Å². The van der Waals surface area contributed by atoms with Gasteiger partial charge in [-0.15, -0.1) is 0 Å². The number of halogens is 1. The van der Waals surface area contributed by atoms with Gasteiger partial charge in [-0.2, -0.15) is 5.10 Å². The average molecular weight is 399 g/mol. The summed E-state index contributed by atoms with van der Waals surface area (Å²) < 4.78 is 1.88. The first-order chi connectivity index (χ1) is 13.4. The van der Waals surface area contributed by atoms with Crippen molar-refractivity contribution in [3.8, 4) is 0 Å². The summed E-state index contributed by atoms with van der Waals surface area (Å²) in [7, 11) is 0. The van der Waals surface area contributed by atoms with Crippen LogP contribution in [0.3, 0.4) is 0 Å². The van der Waals surface area contributed by atoms with Crippen molar-refractivity contribution < 1.29 is 9.72 Å². The number of amides is 1. The fourth-order valence-corrected chi connectivity index (χ4v) is 3.19. The monoisotopic (exact) mass is 398 g/mol. The summed E-state index contributed by atoms with van der Waals surface area (Å²) in [4.78, 5) is 23.1. The van der Waals surface area contributed by atoms with Gasteiger partial charge in [0.25, 0.3) is 11.6 Å². The van der Waals surface area contributed by atoms with Crippen LogP contribution in [-0.4, -0.2) is 20.6 Å². The highest BCUT2D eigenvalue weighted by atomic mass is 35.5. The molecule has 0 radical (unpaired) electrons. The molecule has 0 spiro atoms. The Bertz CT molecular complexity index is 1030. The Morgan fingerprint density at radius 3 is 2.61 bits per heavy atom. The van der Waals surface area contributed by atoms with E-state index < -0.39 is 10.8 Å². The van der Waals surface area contributed by atoms with Gasteiger partial charge in [0.2, 0.25) is 0 Å². The summed E-state index contributed by atoms with van der Waals surface area (Å²) in [6, 6.07) is 13.9. The predicted molar refractivity (Wildman–Crippen MR) is 107 cm³/mol. The number of carbonyl (C=O) groups excluding carboxylic acids is 1. The van der Waals surface area contributed by atoms with Gasteiger partial charge in [0.1, 0.15) is 5.56 Å². The second-order valence-electron chi connectivity index (χ2n) is 6.39. The van der Waals surface area contributed by atoms with E-state index in [9.17, 15) is 14.9 Å². The van der Waals surface area contributed by atoms with Crippen molar-refractivity contribution in [3.63, 3.8) is 0 Å². The fraction of sp³-hybridized carbons (Fsp3) is 0.200. The molecule has 0 aliphatic carbocycles. The highest BCUT2D eigenvalue weighted by molar-refractivity contribution is 6.31. The second-order valence-corrected chi connectivity index (χ2v) is 6.83. The quantitative estimate of drug-likeness (QED) is 0.501. The topological polar surface area (TPSA) is 90.1 Å². The number of hydrogen-bond acceptors (Lipinski definition) is 4. The van der Waals surface area contributed by atoms with Crippen LogP contribution >= 0.6 is 11.6 Å². The molecule has 0 aliphatic rings. The minimum absolute atomic E-state index is 0.0653. The lowest BCUT2D eigenvalue weighted by molar-refractivity contribution is -0.385. The van der Waals surface area contributed by atoms with E-state index in [1.165, 1.54) is 18.2 Å². The van der Waals surface area contributed by atoms with Gasteiger partial charge < -0.3 is 5.32 Å². The van der Waals surface area contributed by atoms with Crippen molar-refractivity contribution in [2.24, 2.45) is 0 Å². The average Bonchev–Trinajstić information content (AvgIpc) is 2.93. The zero-order valence-electron chi connectivity index (χ0n) is 15.5. The van der Waals surface area contributed by atoms with E-state index in [-0.39, 0.29) is 22.8 Å². The van der Waals surface area contributed by atoms with Crippen LogP contribution < -0.4 is 5.32 Å². The standard InChI is InChI=1S/C20H19ClN4O3/c1-13-18(14(2)24(23-13)12-15-6-4-3-5-7-15)11-22-20(26)17-10-16(21)8-9-19(17)25(27)28/h3-10H,11-12H2,1-2H3,(H,22,26). The molecule has 3 rings (SSSR count). The second kappa shape index (κ2) is 8.22. The molecule has 144 valence electrons. The molecule has 0 atom stereocenters. The molecule has 1 aromatic heterocycles. The zero-order chi connectivity index (χ0) is 20.3. The zero-order valence-corrected chi connectivity index (χ0v) is 16.2. The van der Waals surface area contributed by atoms with Crippen molar-refractivity contribution in [1.29, 1.82) is 0 Å². The number of nitro groups is 1. The maximum Gasteiger partial charge on any atom is 0.282 e. The molecule has 0 bridgehead atoms. The molecule has 0 fully saturated rings. The molecule has 3 aromatic rings. The van der Waals surface area contributed by atoms with Gasteiger partial charge in [-0.05, 0) is 31.5 Å². The molecule has 0 saturated carbocycles. The van der Waals surface area contributed by atoms with Crippen molar-refractivity contribution in [1.82, 2.24) is 15.1 Å². The van der Waals surface area contributed by atoms with Crippen LogP contribution in [0.25, 0.3) is 0 Å². The minimum atomic E-state index is -0.598. The Hall–Kier alpha value is -3.19. The molecular weight excluding hydrogens is 380 g/mol.